The van der Waals surface area contributed by atoms with Crippen molar-refractivity contribution in [1.82, 2.24) is 28.7 Å². The van der Waals surface area contributed by atoms with Crippen molar-refractivity contribution < 1.29 is 14.3 Å². The molecule has 40 heavy (non-hydrogen) atoms. The molecular weight excluding hydrogens is 530 g/mol. The third-order valence-electron chi connectivity index (χ3n) is 6.97. The van der Waals surface area contributed by atoms with Crippen LogP contribution in [0.5, 0.6) is 6.01 Å². The summed E-state index contributed by atoms with van der Waals surface area (Å²) < 4.78 is 14.5. The second-order valence-corrected chi connectivity index (χ2v) is 11.2. The van der Waals surface area contributed by atoms with E-state index in [0.29, 0.717) is 24.3 Å². The number of ether oxygens (including phenoxy) is 2. The number of aromatic amines is 1. The fraction of sp³-hybridized carbons (Fsp3) is 0.571. The molecule has 0 unspecified atom stereocenters. The smallest absolute Gasteiger partial charge is 0.327 e. The van der Waals surface area contributed by atoms with Crippen LogP contribution in [0.15, 0.2) is 34.0 Å². The lowest BCUT2D eigenvalue weighted by molar-refractivity contribution is -0.139. The van der Waals surface area contributed by atoms with Crippen LogP contribution in [0.3, 0.4) is 0 Å². The number of nitrogen functional groups attached to an aromatic ring is 1. The number of anilines is 1. The molecule has 2 aromatic heterocycles. The van der Waals surface area contributed by atoms with Gasteiger partial charge in [0.1, 0.15) is 5.52 Å². The summed E-state index contributed by atoms with van der Waals surface area (Å²) in [6, 6.07) is 8.26. The number of hydrogen-bond acceptors (Lipinski definition) is 10. The number of methoxy groups -OCH3 is 1. The highest BCUT2D eigenvalue weighted by atomic mass is 32.2. The zero-order valence-electron chi connectivity index (χ0n) is 23.6. The number of nitrogens with zero attached hydrogens (tertiary/aromatic N) is 5. The van der Waals surface area contributed by atoms with E-state index in [1.54, 1.807) is 16.5 Å². The van der Waals surface area contributed by atoms with Crippen molar-refractivity contribution >= 4 is 34.9 Å². The molecule has 1 fully saturated rings. The highest BCUT2D eigenvalue weighted by molar-refractivity contribution is 7.97. The highest BCUT2D eigenvalue weighted by Gasteiger charge is 2.17. The van der Waals surface area contributed by atoms with E-state index in [1.807, 2.05) is 12.1 Å². The first-order valence-electron chi connectivity index (χ1n) is 14.2. The molecule has 3 heterocycles. The molecule has 0 aliphatic carbocycles. The predicted octanol–water partition coefficient (Wildman–Crippen LogP) is 3.48. The number of fused-ring (bicyclic) bond motifs is 1. The molecule has 0 amide bonds. The average Bonchev–Trinajstić information content (AvgIpc) is 3.58. The summed E-state index contributed by atoms with van der Waals surface area (Å²) in [4.78, 5) is 39.5. The van der Waals surface area contributed by atoms with E-state index in [1.165, 1.54) is 20.0 Å². The maximum atomic E-state index is 12.7. The minimum absolute atomic E-state index is 0.199. The van der Waals surface area contributed by atoms with E-state index in [9.17, 15) is 9.59 Å². The number of rotatable bonds is 16. The number of hydrogen-bond donors (Lipinski definition) is 2. The van der Waals surface area contributed by atoms with Crippen LogP contribution in [0.1, 0.15) is 51.0 Å². The van der Waals surface area contributed by atoms with Crippen LogP contribution in [-0.2, 0) is 22.5 Å². The summed E-state index contributed by atoms with van der Waals surface area (Å²) in [6.07, 6.45) is 6.38. The van der Waals surface area contributed by atoms with Gasteiger partial charge in [0, 0.05) is 31.1 Å². The monoisotopic (exact) mass is 571 g/mol. The number of benzene rings is 1. The van der Waals surface area contributed by atoms with E-state index in [4.69, 9.17) is 15.2 Å². The van der Waals surface area contributed by atoms with Gasteiger partial charge >= 0.3 is 17.7 Å². The molecular formula is C28H41N7O4S. The first-order chi connectivity index (χ1) is 19.5. The van der Waals surface area contributed by atoms with Gasteiger partial charge < -0.3 is 25.1 Å². The third-order valence-corrected chi connectivity index (χ3v) is 8.06. The summed E-state index contributed by atoms with van der Waals surface area (Å²) in [5, 5.41) is 0. The fourth-order valence-electron chi connectivity index (χ4n) is 4.73. The Morgan fingerprint density at radius 3 is 2.75 bits per heavy atom. The minimum Gasteiger partial charge on any atom is -0.469 e. The van der Waals surface area contributed by atoms with Crippen LogP contribution >= 0.6 is 11.9 Å². The number of H-pyrrole nitrogens is 1. The Balaban J connectivity index is 1.38. The first-order valence-corrected chi connectivity index (χ1v) is 14.9. The number of likely N-dealkylation sites (tertiary alicyclic amines) is 1. The van der Waals surface area contributed by atoms with Crippen LogP contribution < -0.4 is 16.2 Å². The van der Waals surface area contributed by atoms with Gasteiger partial charge in [-0.05, 0) is 74.8 Å². The van der Waals surface area contributed by atoms with Crippen molar-refractivity contribution in [3.05, 3.63) is 40.3 Å². The zero-order valence-corrected chi connectivity index (χ0v) is 24.4. The Labute approximate surface area is 239 Å². The molecule has 1 aliphatic heterocycles. The summed E-state index contributed by atoms with van der Waals surface area (Å²) in [5.41, 5.74) is 7.71. The number of carbonyl (C=O) groups is 1. The molecule has 3 aromatic rings. The number of carbonyl (C=O) groups excluding carboxylic acids is 1. The topological polar surface area (TPSA) is 132 Å². The Hall–Kier alpha value is -3.09. The molecule has 218 valence electrons. The van der Waals surface area contributed by atoms with Gasteiger partial charge in [0.2, 0.25) is 0 Å². The summed E-state index contributed by atoms with van der Waals surface area (Å²) in [5.74, 6) is -0.0292. The quantitative estimate of drug-likeness (QED) is 0.150. The van der Waals surface area contributed by atoms with Gasteiger partial charge in [-0.25, -0.2) is 9.10 Å². The standard InChI is InChI=1S/C28H41N7O4S/c1-3-4-18-39-27-31-25(29)24-26(32-27)35(28(37)30-24)15-8-7-14-34(17-16-33-12-5-6-13-33)40-22-11-9-10-21(19-22)20-23(36)38-2/h9-11,19H,3-8,12-18,20H2,1-2H3,(H,30,37)(H2,29,31,32). The zero-order chi connectivity index (χ0) is 28.3. The molecule has 1 aromatic carbocycles. The Kier molecular flexibility index (Phi) is 11.2. The normalized spacial score (nSPS) is 13.9. The molecule has 0 bridgehead atoms. The second-order valence-electron chi connectivity index (χ2n) is 10.1. The van der Waals surface area contributed by atoms with Crippen LogP contribution in [0, 0.1) is 0 Å². The Morgan fingerprint density at radius 1 is 1.15 bits per heavy atom. The minimum atomic E-state index is -0.246. The maximum Gasteiger partial charge on any atom is 0.327 e. The fourth-order valence-corrected chi connectivity index (χ4v) is 5.77. The van der Waals surface area contributed by atoms with Crippen molar-refractivity contribution in [3.8, 4) is 6.01 Å². The Morgan fingerprint density at radius 2 is 1.98 bits per heavy atom. The van der Waals surface area contributed by atoms with Gasteiger partial charge in [-0.15, -0.1) is 0 Å². The molecule has 3 N–H and O–H groups in total. The van der Waals surface area contributed by atoms with Crippen LogP contribution in [0.4, 0.5) is 5.82 Å². The van der Waals surface area contributed by atoms with Crippen molar-refractivity contribution in [2.45, 2.75) is 63.3 Å². The molecule has 1 saturated heterocycles. The van der Waals surface area contributed by atoms with Crippen molar-refractivity contribution in [2.24, 2.45) is 0 Å². The second kappa shape index (κ2) is 15.1. The highest BCUT2D eigenvalue weighted by Crippen LogP contribution is 2.25. The largest absolute Gasteiger partial charge is 0.469 e. The number of aromatic nitrogens is 4. The average molecular weight is 572 g/mol. The van der Waals surface area contributed by atoms with Gasteiger partial charge in [-0.2, -0.15) is 9.97 Å². The van der Waals surface area contributed by atoms with Gasteiger partial charge in [0.25, 0.3) is 0 Å². The SMILES string of the molecule is CCCCOc1nc(N)c2[nH]c(=O)n(CCCCN(CCN3CCCC3)Sc3cccc(CC(=O)OC)c3)c2n1. The van der Waals surface area contributed by atoms with Gasteiger partial charge in [-0.3, -0.25) is 9.36 Å². The molecule has 1 aliphatic rings. The number of esters is 1. The lowest BCUT2D eigenvalue weighted by Crippen LogP contribution is -2.31. The number of nitrogens with one attached hydrogen (secondary N) is 1. The molecule has 12 heteroatoms. The number of imidazole rings is 1. The molecule has 0 radical (unpaired) electrons. The summed E-state index contributed by atoms with van der Waals surface area (Å²) in [6.45, 7) is 8.24. The van der Waals surface area contributed by atoms with E-state index in [-0.39, 0.29) is 29.9 Å². The van der Waals surface area contributed by atoms with E-state index < -0.39 is 0 Å². The van der Waals surface area contributed by atoms with E-state index in [0.717, 1.165) is 68.9 Å². The van der Waals surface area contributed by atoms with E-state index in [2.05, 4.69) is 43.2 Å². The Bertz CT molecular complexity index is 1310. The summed E-state index contributed by atoms with van der Waals surface area (Å²) >= 11 is 1.71. The summed E-state index contributed by atoms with van der Waals surface area (Å²) in [7, 11) is 1.41. The lowest BCUT2D eigenvalue weighted by atomic mass is 10.1. The maximum absolute atomic E-state index is 12.7. The van der Waals surface area contributed by atoms with Gasteiger partial charge in [0.15, 0.2) is 11.5 Å². The van der Waals surface area contributed by atoms with Crippen molar-refractivity contribution in [1.29, 1.82) is 0 Å². The molecule has 11 nitrogen and oxygen atoms in total. The van der Waals surface area contributed by atoms with Crippen LogP contribution in [-0.4, -0.2) is 81.1 Å². The number of aryl methyl sites for hydroxylation is 1. The first kappa shape index (κ1) is 29.9. The molecule has 0 spiro atoms. The lowest BCUT2D eigenvalue weighted by Gasteiger charge is -2.24. The third kappa shape index (κ3) is 8.45. The molecule has 4 rings (SSSR count). The van der Waals surface area contributed by atoms with Gasteiger partial charge in [-0.1, -0.05) is 25.5 Å². The molecule has 0 atom stereocenters. The van der Waals surface area contributed by atoms with E-state index >= 15 is 0 Å². The molecule has 0 saturated carbocycles. The predicted molar refractivity (Wildman–Crippen MR) is 157 cm³/mol. The van der Waals surface area contributed by atoms with Gasteiger partial charge in [0.05, 0.1) is 20.1 Å². The number of nitrogens with two attached hydrogens (primary N) is 1. The van der Waals surface area contributed by atoms with Crippen molar-refractivity contribution in [3.63, 3.8) is 0 Å². The van der Waals surface area contributed by atoms with Crippen LogP contribution in [0.25, 0.3) is 11.2 Å². The van der Waals surface area contributed by atoms with Crippen LogP contribution in [0.2, 0.25) is 0 Å². The number of unbranched alkanes of at least 4 members (excludes halogenated alkanes) is 2. The van der Waals surface area contributed by atoms with Crippen molar-refractivity contribution in [2.75, 3.05) is 52.2 Å².